The van der Waals surface area contributed by atoms with E-state index in [1.807, 2.05) is 31.0 Å². The minimum absolute atomic E-state index is 0.0467. The molecule has 0 saturated carbocycles. The number of nitrogens with one attached hydrogen (secondary N) is 2. The van der Waals surface area contributed by atoms with Crippen LogP contribution in [0.4, 0.5) is 0 Å². The van der Waals surface area contributed by atoms with Crippen LogP contribution < -0.4 is 10.6 Å². The van der Waals surface area contributed by atoms with Gasteiger partial charge in [-0.15, -0.1) is 0 Å². The smallest absolute Gasteiger partial charge is 0.251 e. The predicted molar refractivity (Wildman–Crippen MR) is 88.7 cm³/mol. The van der Waals surface area contributed by atoms with E-state index in [1.165, 1.54) is 0 Å². The molecule has 0 radical (unpaired) electrons. The van der Waals surface area contributed by atoms with E-state index in [-0.39, 0.29) is 17.9 Å². The van der Waals surface area contributed by atoms with E-state index in [2.05, 4.69) is 17.6 Å². The number of nitrogens with zero attached hydrogens (tertiary/aromatic N) is 1. The zero-order valence-corrected chi connectivity index (χ0v) is 14.0. The topological polar surface area (TPSA) is 61.4 Å². The van der Waals surface area contributed by atoms with Crippen LogP contribution in [-0.4, -0.2) is 43.4 Å². The van der Waals surface area contributed by atoms with Crippen molar-refractivity contribution in [1.82, 2.24) is 15.5 Å². The summed E-state index contributed by atoms with van der Waals surface area (Å²) in [6, 6.07) is 7.64. The highest BCUT2D eigenvalue weighted by Gasteiger charge is 2.10. The van der Waals surface area contributed by atoms with Gasteiger partial charge in [0.1, 0.15) is 0 Å². The Balaban J connectivity index is 2.46. The first-order valence-corrected chi connectivity index (χ1v) is 7.75. The third-order valence-corrected chi connectivity index (χ3v) is 3.44. The Morgan fingerprint density at radius 3 is 2.41 bits per heavy atom. The number of carbonyl (C=O) groups is 2. The molecule has 0 spiro atoms. The lowest BCUT2D eigenvalue weighted by Crippen LogP contribution is -2.39. The Bertz CT molecular complexity index is 485. The standard InChI is InChI=1S/C17H27N3O2/c1-5-6-13(2)19-16(21)12-20(4)11-14-7-9-15(10-8-14)17(22)18-3/h7-10,13H,5-6,11-12H2,1-4H3,(H,18,22)(H,19,21)/t13-/m0/s1. The van der Waals surface area contributed by atoms with Crippen molar-refractivity contribution in [3.05, 3.63) is 35.4 Å². The summed E-state index contributed by atoms with van der Waals surface area (Å²) in [6.07, 6.45) is 2.06. The lowest BCUT2D eigenvalue weighted by Gasteiger charge is -2.19. The maximum absolute atomic E-state index is 11.9. The van der Waals surface area contributed by atoms with E-state index in [1.54, 1.807) is 19.2 Å². The molecule has 1 atom stereocenters. The Morgan fingerprint density at radius 2 is 1.86 bits per heavy atom. The summed E-state index contributed by atoms with van der Waals surface area (Å²) in [4.78, 5) is 25.3. The molecule has 0 aliphatic carbocycles. The molecule has 1 rings (SSSR count). The van der Waals surface area contributed by atoms with Crippen molar-refractivity contribution < 1.29 is 9.59 Å². The third-order valence-electron chi connectivity index (χ3n) is 3.44. The molecule has 22 heavy (non-hydrogen) atoms. The number of amides is 2. The number of carbonyl (C=O) groups excluding carboxylic acids is 2. The molecule has 0 aliphatic rings. The third kappa shape index (κ3) is 6.26. The van der Waals surface area contributed by atoms with Gasteiger partial charge in [-0.3, -0.25) is 14.5 Å². The first-order chi connectivity index (χ1) is 10.5. The molecule has 2 amide bonds. The Hall–Kier alpha value is -1.88. The quantitative estimate of drug-likeness (QED) is 0.769. The van der Waals surface area contributed by atoms with Gasteiger partial charge in [0.2, 0.25) is 5.91 Å². The zero-order chi connectivity index (χ0) is 16.5. The van der Waals surface area contributed by atoms with Gasteiger partial charge in [-0.25, -0.2) is 0 Å². The van der Waals surface area contributed by atoms with Crippen LogP contribution in [0.1, 0.15) is 42.6 Å². The highest BCUT2D eigenvalue weighted by atomic mass is 16.2. The molecule has 0 bridgehead atoms. The van der Waals surface area contributed by atoms with E-state index in [0.29, 0.717) is 18.7 Å². The van der Waals surface area contributed by atoms with Crippen LogP contribution in [0.15, 0.2) is 24.3 Å². The Morgan fingerprint density at radius 1 is 1.23 bits per heavy atom. The predicted octanol–water partition coefficient (Wildman–Crippen LogP) is 1.78. The number of rotatable bonds is 8. The van der Waals surface area contributed by atoms with Crippen LogP contribution in [0.25, 0.3) is 0 Å². The largest absolute Gasteiger partial charge is 0.355 e. The molecule has 5 heteroatoms. The minimum Gasteiger partial charge on any atom is -0.355 e. The van der Waals surface area contributed by atoms with Crippen LogP contribution >= 0.6 is 0 Å². The number of hydrogen-bond acceptors (Lipinski definition) is 3. The Labute approximate surface area is 133 Å². The Kier molecular flexibility index (Phi) is 7.60. The van der Waals surface area contributed by atoms with Gasteiger partial charge < -0.3 is 10.6 Å². The fourth-order valence-electron chi connectivity index (χ4n) is 2.34. The molecule has 0 unspecified atom stereocenters. The summed E-state index contributed by atoms with van der Waals surface area (Å²) < 4.78 is 0. The van der Waals surface area contributed by atoms with Gasteiger partial charge in [-0.1, -0.05) is 25.5 Å². The highest BCUT2D eigenvalue weighted by molar-refractivity contribution is 5.93. The fourth-order valence-corrected chi connectivity index (χ4v) is 2.34. The van der Waals surface area contributed by atoms with E-state index in [9.17, 15) is 9.59 Å². The van der Waals surface area contributed by atoms with Crippen LogP contribution in [0.3, 0.4) is 0 Å². The van der Waals surface area contributed by atoms with E-state index >= 15 is 0 Å². The minimum atomic E-state index is -0.0933. The second-order valence-corrected chi connectivity index (χ2v) is 5.71. The normalized spacial score (nSPS) is 12.0. The average Bonchev–Trinajstić information content (AvgIpc) is 2.47. The van der Waals surface area contributed by atoms with E-state index in [4.69, 9.17) is 0 Å². The molecular formula is C17H27N3O2. The molecule has 1 aromatic carbocycles. The van der Waals surface area contributed by atoms with Crippen molar-refractivity contribution in [2.24, 2.45) is 0 Å². The molecule has 0 saturated heterocycles. The summed E-state index contributed by atoms with van der Waals surface area (Å²) in [5.74, 6) is -0.0466. The summed E-state index contributed by atoms with van der Waals surface area (Å²) in [6.45, 7) is 5.17. The molecule has 5 nitrogen and oxygen atoms in total. The number of likely N-dealkylation sites (N-methyl/N-ethyl adjacent to an activating group) is 1. The summed E-state index contributed by atoms with van der Waals surface area (Å²) in [5.41, 5.74) is 1.71. The van der Waals surface area contributed by atoms with Gasteiger partial charge in [-0.05, 0) is 38.1 Å². The van der Waals surface area contributed by atoms with Gasteiger partial charge in [0.25, 0.3) is 5.91 Å². The van der Waals surface area contributed by atoms with Crippen LogP contribution in [0.2, 0.25) is 0 Å². The maximum atomic E-state index is 11.9. The summed E-state index contributed by atoms with van der Waals surface area (Å²) >= 11 is 0. The summed E-state index contributed by atoms with van der Waals surface area (Å²) in [5, 5.41) is 5.59. The highest BCUT2D eigenvalue weighted by Crippen LogP contribution is 2.07. The lowest BCUT2D eigenvalue weighted by molar-refractivity contribution is -0.122. The lowest BCUT2D eigenvalue weighted by atomic mass is 10.1. The van der Waals surface area contributed by atoms with Crippen LogP contribution in [0.5, 0.6) is 0 Å². The van der Waals surface area contributed by atoms with Crippen LogP contribution in [0, 0.1) is 0 Å². The fraction of sp³-hybridized carbons (Fsp3) is 0.529. The molecule has 0 aliphatic heterocycles. The van der Waals surface area contributed by atoms with E-state index < -0.39 is 0 Å². The summed E-state index contributed by atoms with van der Waals surface area (Å²) in [7, 11) is 3.53. The molecule has 0 aromatic heterocycles. The second kappa shape index (κ2) is 9.20. The van der Waals surface area contributed by atoms with Gasteiger partial charge in [-0.2, -0.15) is 0 Å². The van der Waals surface area contributed by atoms with Crippen molar-refractivity contribution >= 4 is 11.8 Å². The van der Waals surface area contributed by atoms with Gasteiger partial charge >= 0.3 is 0 Å². The molecule has 122 valence electrons. The van der Waals surface area contributed by atoms with Gasteiger partial charge in [0.15, 0.2) is 0 Å². The van der Waals surface area contributed by atoms with E-state index in [0.717, 1.165) is 18.4 Å². The monoisotopic (exact) mass is 305 g/mol. The molecule has 0 fully saturated rings. The molecule has 0 heterocycles. The second-order valence-electron chi connectivity index (χ2n) is 5.71. The first kappa shape index (κ1) is 18.2. The van der Waals surface area contributed by atoms with Crippen molar-refractivity contribution in [1.29, 1.82) is 0 Å². The number of benzene rings is 1. The molecule has 1 aromatic rings. The maximum Gasteiger partial charge on any atom is 0.251 e. The van der Waals surface area contributed by atoms with Crippen molar-refractivity contribution in [2.45, 2.75) is 39.3 Å². The van der Waals surface area contributed by atoms with Crippen molar-refractivity contribution in [2.75, 3.05) is 20.6 Å². The SMILES string of the molecule is CCC[C@H](C)NC(=O)CN(C)Cc1ccc(C(=O)NC)cc1. The first-order valence-electron chi connectivity index (χ1n) is 7.75. The van der Waals surface area contributed by atoms with Gasteiger partial charge in [0, 0.05) is 25.2 Å². The van der Waals surface area contributed by atoms with Crippen molar-refractivity contribution in [3.63, 3.8) is 0 Å². The zero-order valence-electron chi connectivity index (χ0n) is 14.0. The van der Waals surface area contributed by atoms with Crippen LogP contribution in [-0.2, 0) is 11.3 Å². The number of hydrogen-bond donors (Lipinski definition) is 2. The molecule has 2 N–H and O–H groups in total. The molecular weight excluding hydrogens is 278 g/mol. The van der Waals surface area contributed by atoms with Crippen molar-refractivity contribution in [3.8, 4) is 0 Å². The van der Waals surface area contributed by atoms with Gasteiger partial charge in [0.05, 0.1) is 6.54 Å². The average molecular weight is 305 g/mol.